The molecule has 6 heteroatoms. The van der Waals surface area contributed by atoms with Crippen molar-refractivity contribution >= 4 is 33.3 Å². The number of benzene rings is 1. The van der Waals surface area contributed by atoms with E-state index in [1.807, 2.05) is 47.4 Å². The van der Waals surface area contributed by atoms with E-state index in [1.54, 1.807) is 0 Å². The number of fused-ring (bicyclic) bond motifs is 3. The van der Waals surface area contributed by atoms with Crippen LogP contribution in [0.4, 0.5) is 5.82 Å². The van der Waals surface area contributed by atoms with Crippen molar-refractivity contribution in [2.75, 3.05) is 31.1 Å². The molecule has 1 atom stereocenters. The summed E-state index contributed by atoms with van der Waals surface area (Å²) in [6.45, 7) is 9.72. The number of rotatable bonds is 5. The van der Waals surface area contributed by atoms with Crippen molar-refractivity contribution in [2.45, 2.75) is 59.3 Å². The minimum atomic E-state index is 0.132. The first-order valence-electron chi connectivity index (χ1n) is 12.5. The first-order valence-corrected chi connectivity index (χ1v) is 13.3. The Bertz CT molecular complexity index is 1150. The molecule has 1 aliphatic heterocycles. The van der Waals surface area contributed by atoms with Crippen LogP contribution in [0.3, 0.4) is 0 Å². The van der Waals surface area contributed by atoms with E-state index in [2.05, 4.69) is 18.7 Å². The van der Waals surface area contributed by atoms with Gasteiger partial charge >= 0.3 is 0 Å². The molecule has 1 amide bonds. The summed E-state index contributed by atoms with van der Waals surface area (Å²) in [4.78, 5) is 30.2. The van der Waals surface area contributed by atoms with Crippen molar-refractivity contribution in [3.05, 3.63) is 51.7 Å². The van der Waals surface area contributed by atoms with Gasteiger partial charge in [0.15, 0.2) is 0 Å². The predicted octanol–water partition coefficient (Wildman–Crippen LogP) is 5.43. The number of aryl methyl sites for hydroxylation is 3. The third-order valence-corrected chi connectivity index (χ3v) is 8.25. The Kier molecular flexibility index (Phi) is 6.37. The molecule has 0 N–H and O–H groups in total. The first kappa shape index (κ1) is 22.3. The molecular formula is C27H34N4OS. The molecule has 174 valence electrons. The highest BCUT2D eigenvalue weighted by Crippen LogP contribution is 2.41. The van der Waals surface area contributed by atoms with Crippen LogP contribution in [0.1, 0.15) is 65.3 Å². The summed E-state index contributed by atoms with van der Waals surface area (Å²) < 4.78 is 0. The molecule has 2 aliphatic rings. The Morgan fingerprint density at radius 2 is 1.88 bits per heavy atom. The lowest BCUT2D eigenvalue weighted by Crippen LogP contribution is -2.49. The molecular weight excluding hydrogens is 428 g/mol. The van der Waals surface area contributed by atoms with Gasteiger partial charge in [0.1, 0.15) is 16.5 Å². The lowest BCUT2D eigenvalue weighted by Gasteiger charge is -2.36. The Morgan fingerprint density at radius 3 is 2.61 bits per heavy atom. The number of unbranched alkanes of at least 4 members (excludes halogenated alkanes) is 1. The van der Waals surface area contributed by atoms with Gasteiger partial charge in [-0.3, -0.25) is 4.79 Å². The van der Waals surface area contributed by atoms with E-state index in [0.717, 1.165) is 75.0 Å². The number of carbonyl (C=O) groups is 1. The summed E-state index contributed by atoms with van der Waals surface area (Å²) in [6.07, 6.45) is 6.74. The number of anilines is 1. The molecule has 0 radical (unpaired) electrons. The molecule has 0 spiro atoms. The lowest BCUT2D eigenvalue weighted by molar-refractivity contribution is 0.0746. The minimum absolute atomic E-state index is 0.132. The van der Waals surface area contributed by atoms with Crippen LogP contribution in [0.2, 0.25) is 0 Å². The molecule has 1 saturated heterocycles. The van der Waals surface area contributed by atoms with Crippen molar-refractivity contribution in [1.29, 1.82) is 0 Å². The van der Waals surface area contributed by atoms with Crippen molar-refractivity contribution < 1.29 is 4.79 Å². The van der Waals surface area contributed by atoms with Gasteiger partial charge in [-0.25, -0.2) is 9.97 Å². The van der Waals surface area contributed by atoms with Crippen LogP contribution < -0.4 is 4.90 Å². The predicted molar refractivity (Wildman–Crippen MR) is 137 cm³/mol. The smallest absolute Gasteiger partial charge is 0.253 e. The molecule has 3 heterocycles. The maximum absolute atomic E-state index is 13.0. The highest BCUT2D eigenvalue weighted by atomic mass is 32.1. The molecule has 1 aromatic carbocycles. The maximum Gasteiger partial charge on any atom is 0.253 e. The second-order valence-electron chi connectivity index (χ2n) is 9.74. The third-order valence-electron chi connectivity index (χ3n) is 7.10. The summed E-state index contributed by atoms with van der Waals surface area (Å²) in [5.41, 5.74) is 3.45. The molecule has 0 bridgehead atoms. The summed E-state index contributed by atoms with van der Waals surface area (Å²) >= 11 is 1.89. The number of piperazine rings is 1. The number of nitrogens with zero attached hydrogens (tertiary/aromatic N) is 4. The maximum atomic E-state index is 13.0. The summed E-state index contributed by atoms with van der Waals surface area (Å²) in [7, 11) is 0. The average molecular weight is 463 g/mol. The van der Waals surface area contributed by atoms with Gasteiger partial charge in [-0.2, -0.15) is 0 Å². The highest BCUT2D eigenvalue weighted by molar-refractivity contribution is 7.19. The lowest BCUT2D eigenvalue weighted by atomic mass is 9.89. The van der Waals surface area contributed by atoms with Crippen LogP contribution >= 0.6 is 11.3 Å². The van der Waals surface area contributed by atoms with E-state index < -0.39 is 0 Å². The zero-order chi connectivity index (χ0) is 22.9. The second-order valence-corrected chi connectivity index (χ2v) is 10.8. The first-order chi connectivity index (χ1) is 16.0. The summed E-state index contributed by atoms with van der Waals surface area (Å²) in [5.74, 6) is 2.97. The van der Waals surface area contributed by atoms with Gasteiger partial charge < -0.3 is 9.80 Å². The fraction of sp³-hybridized carbons (Fsp3) is 0.519. The second kappa shape index (κ2) is 9.41. The van der Waals surface area contributed by atoms with Crippen molar-refractivity contribution in [3.63, 3.8) is 0 Å². The van der Waals surface area contributed by atoms with Gasteiger partial charge in [0.2, 0.25) is 0 Å². The zero-order valence-electron chi connectivity index (χ0n) is 20.1. The number of amides is 1. The van der Waals surface area contributed by atoms with E-state index >= 15 is 0 Å². The Labute approximate surface area is 200 Å². The van der Waals surface area contributed by atoms with Gasteiger partial charge in [0.05, 0.1) is 5.39 Å². The van der Waals surface area contributed by atoms with Crippen LogP contribution in [0.15, 0.2) is 24.3 Å². The topological polar surface area (TPSA) is 49.3 Å². The number of thiophene rings is 1. The molecule has 0 saturated carbocycles. The highest BCUT2D eigenvalue weighted by Gasteiger charge is 2.28. The SMILES string of the molecule is CCCCc1nc(N2CCN(C(=O)c3ccc(C)cc3)CC2)c2c3c(sc2n1)C[C@H](C)CC3. The monoisotopic (exact) mass is 462 g/mol. The molecule has 2 aromatic heterocycles. The van der Waals surface area contributed by atoms with Gasteiger partial charge in [-0.1, -0.05) is 38.0 Å². The number of hydrogen-bond acceptors (Lipinski definition) is 5. The van der Waals surface area contributed by atoms with Gasteiger partial charge in [0.25, 0.3) is 5.91 Å². The Morgan fingerprint density at radius 1 is 1.12 bits per heavy atom. The molecule has 5 nitrogen and oxygen atoms in total. The number of aromatic nitrogens is 2. The number of hydrogen-bond donors (Lipinski definition) is 0. The Hall–Kier alpha value is -2.47. The van der Waals surface area contributed by atoms with Gasteiger partial charge in [-0.15, -0.1) is 11.3 Å². The Balaban J connectivity index is 1.41. The molecule has 5 rings (SSSR count). The van der Waals surface area contributed by atoms with Gasteiger partial charge in [0, 0.05) is 43.0 Å². The van der Waals surface area contributed by atoms with E-state index in [9.17, 15) is 4.79 Å². The summed E-state index contributed by atoms with van der Waals surface area (Å²) in [5, 5.41) is 1.29. The van der Waals surface area contributed by atoms with Crippen molar-refractivity contribution in [3.8, 4) is 0 Å². The normalized spacial score (nSPS) is 18.6. The molecule has 33 heavy (non-hydrogen) atoms. The van der Waals surface area contributed by atoms with Crippen molar-refractivity contribution in [2.24, 2.45) is 5.92 Å². The minimum Gasteiger partial charge on any atom is -0.352 e. The van der Waals surface area contributed by atoms with Crippen LogP contribution in [0, 0.1) is 12.8 Å². The van der Waals surface area contributed by atoms with E-state index in [1.165, 1.54) is 39.1 Å². The standard InChI is InChI=1S/C27H34N4OS/c1-4-5-6-23-28-25(24-21-12-9-19(3)17-22(21)33-26(24)29-23)30-13-15-31(16-14-30)27(32)20-10-7-18(2)8-11-20/h7-8,10-11,19H,4-6,9,12-17H2,1-3H3/t19-/m1/s1. The third kappa shape index (κ3) is 4.50. The zero-order valence-corrected chi connectivity index (χ0v) is 20.9. The van der Waals surface area contributed by atoms with Crippen LogP contribution in [0.25, 0.3) is 10.2 Å². The fourth-order valence-corrected chi connectivity index (χ4v) is 6.44. The largest absolute Gasteiger partial charge is 0.352 e. The molecule has 0 unspecified atom stereocenters. The van der Waals surface area contributed by atoms with Crippen LogP contribution in [0.5, 0.6) is 0 Å². The quantitative estimate of drug-likeness (QED) is 0.507. The van der Waals surface area contributed by atoms with E-state index in [4.69, 9.17) is 9.97 Å². The van der Waals surface area contributed by atoms with Crippen LogP contribution in [-0.4, -0.2) is 47.0 Å². The summed E-state index contributed by atoms with van der Waals surface area (Å²) in [6, 6.07) is 7.91. The molecule has 1 aliphatic carbocycles. The van der Waals surface area contributed by atoms with Gasteiger partial charge in [-0.05, 0) is 56.2 Å². The van der Waals surface area contributed by atoms with Crippen molar-refractivity contribution in [1.82, 2.24) is 14.9 Å². The van der Waals surface area contributed by atoms with E-state index in [0.29, 0.717) is 0 Å². The fourth-order valence-electron chi connectivity index (χ4n) is 5.04. The van der Waals surface area contributed by atoms with E-state index in [-0.39, 0.29) is 5.91 Å². The molecule has 1 fully saturated rings. The van der Waals surface area contributed by atoms with Crippen LogP contribution in [-0.2, 0) is 19.3 Å². The average Bonchev–Trinajstić information content (AvgIpc) is 3.19. The molecule has 3 aromatic rings. The number of carbonyl (C=O) groups excluding carboxylic acids is 1.